The van der Waals surface area contributed by atoms with E-state index in [1.807, 2.05) is 46.2 Å². The second-order valence-corrected chi connectivity index (χ2v) is 9.43. The fraction of sp³-hybridized carbons (Fsp3) is 0.435. The molecule has 0 unspecified atom stereocenters. The van der Waals surface area contributed by atoms with E-state index in [1.165, 1.54) is 16.9 Å². The van der Waals surface area contributed by atoms with Gasteiger partial charge in [-0.2, -0.15) is 5.10 Å². The lowest BCUT2D eigenvalue weighted by Crippen LogP contribution is -2.38. The number of aryl methyl sites for hydroxylation is 1. The molecule has 30 heavy (non-hydrogen) atoms. The molecule has 1 amide bonds. The molecule has 1 aliphatic rings. The minimum atomic E-state index is 0.173. The van der Waals surface area contributed by atoms with Crippen LogP contribution in [-0.4, -0.2) is 38.7 Å². The van der Waals surface area contributed by atoms with Crippen LogP contribution in [0.25, 0.3) is 5.13 Å². The molecule has 3 heterocycles. The zero-order valence-electron chi connectivity index (χ0n) is 17.7. The Balaban J connectivity index is 1.49. The van der Waals surface area contributed by atoms with Crippen molar-refractivity contribution in [1.29, 1.82) is 0 Å². The summed E-state index contributed by atoms with van der Waals surface area (Å²) in [6.45, 7) is 8.06. The van der Waals surface area contributed by atoms with E-state index in [-0.39, 0.29) is 5.91 Å². The molecule has 0 radical (unpaired) electrons. The zero-order valence-corrected chi connectivity index (χ0v) is 19.3. The number of aromatic nitrogens is 3. The fourth-order valence-electron chi connectivity index (χ4n) is 3.95. The van der Waals surface area contributed by atoms with Gasteiger partial charge in [-0.25, -0.2) is 9.67 Å². The Labute approximate surface area is 186 Å². The minimum Gasteiger partial charge on any atom is -0.342 e. The van der Waals surface area contributed by atoms with Crippen molar-refractivity contribution in [3.63, 3.8) is 0 Å². The van der Waals surface area contributed by atoms with Crippen LogP contribution in [0.3, 0.4) is 0 Å². The highest BCUT2D eigenvalue weighted by Gasteiger charge is 2.22. The Bertz CT molecular complexity index is 1050. The first-order valence-corrected chi connectivity index (χ1v) is 11.7. The molecule has 0 aliphatic carbocycles. The molecule has 0 N–H and O–H groups in total. The molecule has 158 valence electrons. The van der Waals surface area contributed by atoms with E-state index in [2.05, 4.69) is 13.8 Å². The predicted octanol–water partition coefficient (Wildman–Crippen LogP) is 4.99. The summed E-state index contributed by atoms with van der Waals surface area (Å²) in [7, 11) is 0. The molecule has 0 bridgehead atoms. The topological polar surface area (TPSA) is 51.0 Å². The number of nitrogens with zero attached hydrogens (tertiary/aromatic N) is 4. The van der Waals surface area contributed by atoms with Crippen molar-refractivity contribution in [3.05, 3.63) is 62.9 Å². The molecule has 0 atom stereocenters. The first-order valence-electron chi connectivity index (χ1n) is 10.4. The molecule has 2 aromatic heterocycles. The lowest BCUT2D eigenvalue weighted by atomic mass is 9.99. The Hall–Kier alpha value is -2.18. The van der Waals surface area contributed by atoms with Gasteiger partial charge in [0.2, 0.25) is 11.0 Å². The third kappa shape index (κ3) is 4.44. The zero-order chi connectivity index (χ0) is 21.3. The number of carbonyl (C=O) groups is 1. The Morgan fingerprint density at radius 2 is 1.97 bits per heavy atom. The third-order valence-corrected chi connectivity index (χ3v) is 7.19. The van der Waals surface area contributed by atoms with Crippen molar-refractivity contribution in [2.24, 2.45) is 5.92 Å². The molecular formula is C23H27ClN4OS. The van der Waals surface area contributed by atoms with E-state index in [1.54, 1.807) is 0 Å². The van der Waals surface area contributed by atoms with Gasteiger partial charge in [-0.1, -0.05) is 36.7 Å². The van der Waals surface area contributed by atoms with Crippen LogP contribution in [-0.2, 0) is 17.6 Å². The molecule has 3 aromatic rings. The average Bonchev–Trinajstić information content (AvgIpc) is 3.29. The fourth-order valence-corrected chi connectivity index (χ4v) is 4.98. The highest BCUT2D eigenvalue weighted by atomic mass is 35.5. The van der Waals surface area contributed by atoms with Crippen LogP contribution in [0.5, 0.6) is 0 Å². The van der Waals surface area contributed by atoms with Crippen molar-refractivity contribution in [2.75, 3.05) is 13.1 Å². The van der Waals surface area contributed by atoms with Crippen molar-refractivity contribution in [2.45, 2.75) is 46.5 Å². The molecule has 1 fully saturated rings. The summed E-state index contributed by atoms with van der Waals surface area (Å²) in [6.07, 6.45) is 3.28. The molecule has 0 saturated carbocycles. The van der Waals surface area contributed by atoms with Crippen LogP contribution in [0.15, 0.2) is 29.6 Å². The summed E-state index contributed by atoms with van der Waals surface area (Å²) in [6, 6.07) is 7.91. The molecule has 1 saturated heterocycles. The maximum absolute atomic E-state index is 12.6. The average molecular weight is 443 g/mol. The number of hydrogen-bond donors (Lipinski definition) is 0. The van der Waals surface area contributed by atoms with Crippen molar-refractivity contribution in [3.8, 4) is 5.13 Å². The standard InChI is InChI=1S/C23H27ClN4OS/c1-15-8-10-27(11-9-15)22(29)13-19-14-30-23(25-19)28-17(3)20(16(2)26-28)12-18-6-4-5-7-21(18)24/h4-7,14-15H,8-13H2,1-3H3. The highest BCUT2D eigenvalue weighted by molar-refractivity contribution is 7.12. The summed E-state index contributed by atoms with van der Waals surface area (Å²) in [5.74, 6) is 0.887. The van der Waals surface area contributed by atoms with E-state index < -0.39 is 0 Å². The molecule has 5 nitrogen and oxygen atoms in total. The predicted molar refractivity (Wildman–Crippen MR) is 122 cm³/mol. The van der Waals surface area contributed by atoms with E-state index in [4.69, 9.17) is 21.7 Å². The number of likely N-dealkylation sites (tertiary alicyclic amines) is 1. The van der Waals surface area contributed by atoms with E-state index in [0.717, 1.165) is 65.2 Å². The molecular weight excluding hydrogens is 416 g/mol. The first kappa shape index (κ1) is 21.1. The second kappa shape index (κ2) is 8.90. The highest BCUT2D eigenvalue weighted by Crippen LogP contribution is 2.26. The Morgan fingerprint density at radius 3 is 2.70 bits per heavy atom. The van der Waals surface area contributed by atoms with Gasteiger partial charge in [0.05, 0.1) is 17.8 Å². The van der Waals surface area contributed by atoms with Gasteiger partial charge in [0, 0.05) is 41.2 Å². The van der Waals surface area contributed by atoms with Gasteiger partial charge in [0.1, 0.15) is 0 Å². The second-order valence-electron chi connectivity index (χ2n) is 8.19. The number of thiazole rings is 1. The van der Waals surface area contributed by atoms with Crippen LogP contribution in [0, 0.1) is 19.8 Å². The summed E-state index contributed by atoms with van der Waals surface area (Å²) in [5, 5.41) is 8.27. The minimum absolute atomic E-state index is 0.173. The van der Waals surface area contributed by atoms with E-state index in [0.29, 0.717) is 12.3 Å². The van der Waals surface area contributed by atoms with Crippen LogP contribution in [0.2, 0.25) is 5.02 Å². The Morgan fingerprint density at radius 1 is 1.23 bits per heavy atom. The number of halogens is 1. The smallest absolute Gasteiger partial charge is 0.228 e. The number of amides is 1. The van der Waals surface area contributed by atoms with Gasteiger partial charge in [-0.3, -0.25) is 4.79 Å². The van der Waals surface area contributed by atoms with Crippen molar-refractivity contribution in [1.82, 2.24) is 19.7 Å². The lowest BCUT2D eigenvalue weighted by Gasteiger charge is -2.30. The first-order chi connectivity index (χ1) is 14.4. The Kier molecular flexibility index (Phi) is 6.25. The van der Waals surface area contributed by atoms with Gasteiger partial charge >= 0.3 is 0 Å². The van der Waals surface area contributed by atoms with Gasteiger partial charge in [0.25, 0.3) is 0 Å². The summed E-state index contributed by atoms with van der Waals surface area (Å²) >= 11 is 7.88. The summed E-state index contributed by atoms with van der Waals surface area (Å²) < 4.78 is 1.89. The molecule has 0 spiro atoms. The van der Waals surface area contributed by atoms with Gasteiger partial charge in [-0.15, -0.1) is 11.3 Å². The maximum Gasteiger partial charge on any atom is 0.228 e. The molecule has 1 aromatic carbocycles. The van der Waals surface area contributed by atoms with Gasteiger partial charge in [-0.05, 0) is 44.2 Å². The molecule has 4 rings (SSSR count). The van der Waals surface area contributed by atoms with E-state index in [9.17, 15) is 4.79 Å². The number of rotatable bonds is 5. The SMILES string of the molecule is Cc1nn(-c2nc(CC(=O)N3CCC(C)CC3)cs2)c(C)c1Cc1ccccc1Cl. The molecule has 7 heteroatoms. The van der Waals surface area contributed by atoms with Crippen molar-refractivity contribution < 1.29 is 4.79 Å². The summed E-state index contributed by atoms with van der Waals surface area (Å²) in [5.41, 5.74) is 5.11. The van der Waals surface area contributed by atoms with Gasteiger partial charge in [0.15, 0.2) is 0 Å². The number of piperidine rings is 1. The van der Waals surface area contributed by atoms with Crippen LogP contribution in [0.1, 0.15) is 48.0 Å². The van der Waals surface area contributed by atoms with Crippen LogP contribution < -0.4 is 0 Å². The normalized spacial score (nSPS) is 15.0. The number of hydrogen-bond acceptors (Lipinski definition) is 4. The largest absolute Gasteiger partial charge is 0.342 e. The van der Waals surface area contributed by atoms with Gasteiger partial charge < -0.3 is 4.90 Å². The lowest BCUT2D eigenvalue weighted by molar-refractivity contribution is -0.131. The van der Waals surface area contributed by atoms with Crippen LogP contribution in [0.4, 0.5) is 0 Å². The number of carbonyl (C=O) groups excluding carboxylic acids is 1. The third-order valence-electron chi connectivity index (χ3n) is 5.96. The van der Waals surface area contributed by atoms with E-state index >= 15 is 0 Å². The number of benzene rings is 1. The quantitative estimate of drug-likeness (QED) is 0.559. The maximum atomic E-state index is 12.6. The molecule has 1 aliphatic heterocycles. The monoisotopic (exact) mass is 442 g/mol. The van der Waals surface area contributed by atoms with Crippen molar-refractivity contribution >= 4 is 28.8 Å². The van der Waals surface area contributed by atoms with Crippen LogP contribution >= 0.6 is 22.9 Å². The summed E-state index contributed by atoms with van der Waals surface area (Å²) in [4.78, 5) is 19.3.